The average molecular weight is 285 g/mol. The molecule has 4 nitrogen and oxygen atoms in total. The summed E-state index contributed by atoms with van der Waals surface area (Å²) in [5.74, 6) is 0. The molecule has 0 radical (unpaired) electrons. The van der Waals surface area contributed by atoms with Gasteiger partial charge in [0.15, 0.2) is 0 Å². The van der Waals surface area contributed by atoms with Gasteiger partial charge in [-0.15, -0.1) is 0 Å². The molecule has 0 unspecified atom stereocenters. The summed E-state index contributed by atoms with van der Waals surface area (Å²) in [5, 5.41) is 4.83. The predicted octanol–water partition coefficient (Wildman–Crippen LogP) is 3.93. The highest BCUT2D eigenvalue weighted by Gasteiger charge is 2.06. The zero-order chi connectivity index (χ0) is 15.2. The maximum atomic E-state index is 11.6. The van der Waals surface area contributed by atoms with E-state index in [1.807, 2.05) is 30.3 Å². The van der Waals surface area contributed by atoms with E-state index in [0.717, 1.165) is 29.0 Å². The number of carbonyl (C=O) groups is 2. The Labute approximate surface area is 124 Å². The number of aryl methyl sites for hydroxylation is 1. The lowest BCUT2D eigenvalue weighted by molar-refractivity contribution is -0.107. The fourth-order valence-electron chi connectivity index (χ4n) is 2.12. The summed E-state index contributed by atoms with van der Waals surface area (Å²) in [6, 6.07) is 11.8. The second-order valence-electron chi connectivity index (χ2n) is 5.18. The van der Waals surface area contributed by atoms with Crippen LogP contribution in [0, 0.1) is 0 Å². The number of fused-ring (bicyclic) bond motifs is 1. The first-order valence-corrected chi connectivity index (χ1v) is 7.02. The molecule has 0 aliphatic rings. The highest BCUT2D eigenvalue weighted by Crippen LogP contribution is 2.21. The molecular weight excluding hydrogens is 266 g/mol. The zero-order valence-electron chi connectivity index (χ0n) is 12.3. The van der Waals surface area contributed by atoms with Gasteiger partial charge in [-0.3, -0.25) is 5.32 Å². The summed E-state index contributed by atoms with van der Waals surface area (Å²) in [6.07, 6.45) is 1.61. The zero-order valence-corrected chi connectivity index (χ0v) is 12.3. The van der Waals surface area contributed by atoms with Crippen molar-refractivity contribution in [1.82, 2.24) is 0 Å². The predicted molar refractivity (Wildman–Crippen MR) is 83.6 cm³/mol. The van der Waals surface area contributed by atoms with Gasteiger partial charge in [-0.05, 0) is 48.7 Å². The number of ether oxygens (including phenoxy) is 1. The number of anilines is 1. The molecule has 21 heavy (non-hydrogen) atoms. The van der Waals surface area contributed by atoms with Crippen molar-refractivity contribution in [1.29, 1.82) is 0 Å². The third-order valence-corrected chi connectivity index (χ3v) is 3.04. The van der Waals surface area contributed by atoms with Crippen LogP contribution in [0.25, 0.3) is 10.8 Å². The molecule has 2 aromatic rings. The van der Waals surface area contributed by atoms with Gasteiger partial charge in [0.05, 0.1) is 6.10 Å². The molecule has 2 rings (SSSR count). The lowest BCUT2D eigenvalue weighted by Gasteiger charge is -2.10. The van der Waals surface area contributed by atoms with Crippen molar-refractivity contribution in [2.24, 2.45) is 0 Å². The van der Waals surface area contributed by atoms with E-state index >= 15 is 0 Å². The molecule has 1 amide bonds. The van der Waals surface area contributed by atoms with Crippen LogP contribution in [0.2, 0.25) is 0 Å². The smallest absolute Gasteiger partial charge is 0.411 e. The Morgan fingerprint density at radius 3 is 2.62 bits per heavy atom. The molecule has 0 spiro atoms. The number of hydrogen-bond acceptors (Lipinski definition) is 3. The fourth-order valence-corrected chi connectivity index (χ4v) is 2.12. The standard InChI is InChI=1S/C17H19NO3/c1-12(2)21-17(20)18-16-8-7-14-10-13(4-3-9-19)5-6-15(14)11-16/h5-12H,3-4H2,1-2H3,(H,18,20). The fraction of sp³-hybridized carbons (Fsp3) is 0.294. The number of benzene rings is 2. The first-order chi connectivity index (χ1) is 10.1. The van der Waals surface area contributed by atoms with Gasteiger partial charge in [0.2, 0.25) is 0 Å². The van der Waals surface area contributed by atoms with E-state index < -0.39 is 6.09 Å². The van der Waals surface area contributed by atoms with E-state index in [2.05, 4.69) is 11.4 Å². The van der Waals surface area contributed by atoms with Crippen LogP contribution in [0.4, 0.5) is 10.5 Å². The van der Waals surface area contributed by atoms with Crippen molar-refractivity contribution in [3.63, 3.8) is 0 Å². The number of nitrogens with one attached hydrogen (secondary N) is 1. The van der Waals surface area contributed by atoms with Gasteiger partial charge < -0.3 is 9.53 Å². The number of amides is 1. The van der Waals surface area contributed by atoms with Crippen LogP contribution in [0.5, 0.6) is 0 Å². The highest BCUT2D eigenvalue weighted by atomic mass is 16.6. The Morgan fingerprint density at radius 2 is 1.90 bits per heavy atom. The van der Waals surface area contributed by atoms with E-state index in [1.54, 1.807) is 13.8 Å². The Balaban J connectivity index is 2.14. The van der Waals surface area contributed by atoms with Crippen molar-refractivity contribution >= 4 is 28.8 Å². The summed E-state index contributed by atoms with van der Waals surface area (Å²) in [5.41, 5.74) is 1.84. The first-order valence-electron chi connectivity index (χ1n) is 7.02. The van der Waals surface area contributed by atoms with Crippen molar-refractivity contribution < 1.29 is 14.3 Å². The Bertz CT molecular complexity index is 650. The molecule has 0 saturated carbocycles. The normalized spacial score (nSPS) is 10.6. The minimum atomic E-state index is -0.452. The van der Waals surface area contributed by atoms with E-state index in [0.29, 0.717) is 12.1 Å². The topological polar surface area (TPSA) is 55.4 Å². The van der Waals surface area contributed by atoms with Crippen molar-refractivity contribution in [3.05, 3.63) is 42.0 Å². The maximum Gasteiger partial charge on any atom is 0.411 e. The molecule has 0 heterocycles. The Kier molecular flexibility index (Phi) is 4.93. The minimum absolute atomic E-state index is 0.147. The summed E-state index contributed by atoms with van der Waals surface area (Å²) in [4.78, 5) is 22.0. The molecule has 4 heteroatoms. The van der Waals surface area contributed by atoms with Crippen LogP contribution in [0.3, 0.4) is 0 Å². The summed E-state index contributed by atoms with van der Waals surface area (Å²) in [7, 11) is 0. The van der Waals surface area contributed by atoms with Crippen LogP contribution >= 0.6 is 0 Å². The highest BCUT2D eigenvalue weighted by molar-refractivity contribution is 5.91. The third kappa shape index (κ3) is 4.31. The summed E-state index contributed by atoms with van der Waals surface area (Å²) >= 11 is 0. The molecule has 0 fully saturated rings. The van der Waals surface area contributed by atoms with Crippen LogP contribution in [-0.2, 0) is 16.0 Å². The second kappa shape index (κ2) is 6.88. The number of carbonyl (C=O) groups excluding carboxylic acids is 2. The van der Waals surface area contributed by atoms with Gasteiger partial charge in [-0.25, -0.2) is 4.79 Å². The van der Waals surface area contributed by atoms with E-state index in [-0.39, 0.29) is 6.10 Å². The molecule has 0 saturated heterocycles. The first kappa shape index (κ1) is 15.0. The molecule has 0 bridgehead atoms. The summed E-state index contributed by atoms with van der Waals surface area (Å²) in [6.45, 7) is 3.61. The third-order valence-electron chi connectivity index (χ3n) is 3.04. The largest absolute Gasteiger partial charge is 0.447 e. The van der Waals surface area contributed by atoms with Gasteiger partial charge in [0, 0.05) is 12.1 Å². The maximum absolute atomic E-state index is 11.6. The minimum Gasteiger partial charge on any atom is -0.447 e. The Hall–Kier alpha value is -2.36. The lowest BCUT2D eigenvalue weighted by Crippen LogP contribution is -2.17. The van der Waals surface area contributed by atoms with Crippen LogP contribution in [0.1, 0.15) is 25.8 Å². The van der Waals surface area contributed by atoms with Gasteiger partial charge in [0.1, 0.15) is 6.29 Å². The van der Waals surface area contributed by atoms with Gasteiger partial charge >= 0.3 is 6.09 Å². The summed E-state index contributed by atoms with van der Waals surface area (Å²) < 4.78 is 5.05. The van der Waals surface area contributed by atoms with Crippen LogP contribution < -0.4 is 5.32 Å². The molecule has 0 atom stereocenters. The van der Waals surface area contributed by atoms with Crippen molar-refractivity contribution in [3.8, 4) is 0 Å². The van der Waals surface area contributed by atoms with Crippen molar-refractivity contribution in [2.75, 3.05) is 5.32 Å². The second-order valence-corrected chi connectivity index (χ2v) is 5.18. The van der Waals surface area contributed by atoms with Crippen LogP contribution in [0.15, 0.2) is 36.4 Å². The number of hydrogen-bond donors (Lipinski definition) is 1. The molecule has 0 aromatic heterocycles. The quantitative estimate of drug-likeness (QED) is 0.847. The molecule has 110 valence electrons. The number of aldehydes is 1. The van der Waals surface area contributed by atoms with E-state index in [1.165, 1.54) is 0 Å². The lowest BCUT2D eigenvalue weighted by atomic mass is 10.0. The van der Waals surface area contributed by atoms with E-state index in [9.17, 15) is 9.59 Å². The SMILES string of the molecule is CC(C)OC(=O)Nc1ccc2cc(CCC=O)ccc2c1. The molecule has 0 aliphatic heterocycles. The molecule has 1 N–H and O–H groups in total. The van der Waals surface area contributed by atoms with Gasteiger partial charge in [-0.1, -0.05) is 24.3 Å². The Morgan fingerprint density at radius 1 is 1.19 bits per heavy atom. The van der Waals surface area contributed by atoms with Crippen molar-refractivity contribution in [2.45, 2.75) is 32.8 Å². The molecular formula is C17H19NO3. The molecule has 2 aromatic carbocycles. The van der Waals surface area contributed by atoms with Gasteiger partial charge in [0.25, 0.3) is 0 Å². The number of rotatable bonds is 5. The average Bonchev–Trinajstić information content (AvgIpc) is 2.44. The van der Waals surface area contributed by atoms with Gasteiger partial charge in [-0.2, -0.15) is 0 Å². The van der Waals surface area contributed by atoms with E-state index in [4.69, 9.17) is 4.74 Å². The molecule has 0 aliphatic carbocycles. The monoisotopic (exact) mass is 285 g/mol. The van der Waals surface area contributed by atoms with Crippen LogP contribution in [-0.4, -0.2) is 18.5 Å².